The minimum absolute atomic E-state index is 0.392. The van der Waals surface area contributed by atoms with Crippen LogP contribution in [0.3, 0.4) is 0 Å². The predicted molar refractivity (Wildman–Crippen MR) is 69.4 cm³/mol. The molecule has 0 saturated carbocycles. The molecular formula is C13H21N3O. The number of hydrogen-bond acceptors (Lipinski definition) is 4. The molecule has 2 unspecified atom stereocenters. The Kier molecular flexibility index (Phi) is 3.84. The van der Waals surface area contributed by atoms with Crippen LogP contribution in [-0.4, -0.2) is 31.2 Å². The van der Waals surface area contributed by atoms with E-state index >= 15 is 0 Å². The zero-order valence-corrected chi connectivity index (χ0v) is 10.6. The lowest BCUT2D eigenvalue weighted by Crippen LogP contribution is -2.49. The number of hydrogen-bond donors (Lipinski definition) is 1. The second kappa shape index (κ2) is 5.36. The fraction of sp³-hybridized carbons (Fsp3) is 0.615. The molecule has 1 aromatic rings. The highest BCUT2D eigenvalue weighted by Crippen LogP contribution is 2.27. The number of ether oxygens (including phenoxy) is 1. The number of methoxy groups -OCH3 is 1. The average Bonchev–Trinajstić information content (AvgIpc) is 2.38. The lowest BCUT2D eigenvalue weighted by molar-refractivity contribution is 0.345. The molecule has 1 saturated heterocycles. The molecule has 4 heteroatoms. The van der Waals surface area contributed by atoms with Crippen molar-refractivity contribution >= 4 is 5.82 Å². The van der Waals surface area contributed by atoms with Crippen molar-refractivity contribution in [2.24, 2.45) is 11.7 Å². The molecule has 0 bridgehead atoms. The van der Waals surface area contributed by atoms with Gasteiger partial charge in [0.1, 0.15) is 5.82 Å². The fourth-order valence-electron chi connectivity index (χ4n) is 2.57. The molecule has 2 N–H and O–H groups in total. The Balaban J connectivity index is 2.23. The highest BCUT2D eigenvalue weighted by Gasteiger charge is 2.28. The van der Waals surface area contributed by atoms with Crippen LogP contribution in [0.4, 0.5) is 5.82 Å². The van der Waals surface area contributed by atoms with Crippen molar-refractivity contribution in [1.29, 1.82) is 0 Å². The Labute approximate surface area is 103 Å². The molecule has 1 aliphatic heterocycles. The summed E-state index contributed by atoms with van der Waals surface area (Å²) in [5.74, 6) is 2.27. The van der Waals surface area contributed by atoms with Crippen molar-refractivity contribution in [1.82, 2.24) is 4.98 Å². The first-order chi connectivity index (χ1) is 8.26. The summed E-state index contributed by atoms with van der Waals surface area (Å²) in [6.45, 7) is 3.98. The number of piperidine rings is 1. The molecule has 2 atom stereocenters. The predicted octanol–water partition coefficient (Wildman–Crippen LogP) is 1.65. The molecule has 4 nitrogen and oxygen atoms in total. The minimum atomic E-state index is 0.392. The van der Waals surface area contributed by atoms with Gasteiger partial charge < -0.3 is 15.4 Å². The molecule has 0 radical (unpaired) electrons. The van der Waals surface area contributed by atoms with Gasteiger partial charge in [-0.2, -0.15) is 4.98 Å². The minimum Gasteiger partial charge on any atom is -0.481 e. The third-order valence-electron chi connectivity index (χ3n) is 3.57. The number of nitrogens with zero attached hydrogens (tertiary/aromatic N) is 2. The maximum atomic E-state index is 5.89. The van der Waals surface area contributed by atoms with E-state index in [1.54, 1.807) is 7.11 Å². The van der Waals surface area contributed by atoms with Crippen LogP contribution in [0.5, 0.6) is 5.88 Å². The van der Waals surface area contributed by atoms with E-state index in [1.807, 2.05) is 18.2 Å². The number of anilines is 1. The van der Waals surface area contributed by atoms with Crippen LogP contribution in [0.2, 0.25) is 0 Å². The summed E-state index contributed by atoms with van der Waals surface area (Å²) in [5, 5.41) is 0. The van der Waals surface area contributed by atoms with E-state index in [4.69, 9.17) is 10.5 Å². The summed E-state index contributed by atoms with van der Waals surface area (Å²) in [6, 6.07) is 6.27. The highest BCUT2D eigenvalue weighted by molar-refractivity contribution is 5.42. The van der Waals surface area contributed by atoms with E-state index in [9.17, 15) is 0 Å². The monoisotopic (exact) mass is 235 g/mol. The molecule has 2 heterocycles. The van der Waals surface area contributed by atoms with Gasteiger partial charge in [0.2, 0.25) is 5.88 Å². The van der Waals surface area contributed by atoms with Crippen LogP contribution in [0.15, 0.2) is 18.2 Å². The molecule has 0 aliphatic carbocycles. The second-order valence-corrected chi connectivity index (χ2v) is 4.65. The lowest BCUT2D eigenvalue weighted by atomic mass is 9.91. The van der Waals surface area contributed by atoms with E-state index < -0.39 is 0 Å². The van der Waals surface area contributed by atoms with Crippen molar-refractivity contribution < 1.29 is 4.74 Å². The summed E-state index contributed by atoms with van der Waals surface area (Å²) in [7, 11) is 1.64. The van der Waals surface area contributed by atoms with Gasteiger partial charge in [0.05, 0.1) is 7.11 Å². The van der Waals surface area contributed by atoms with E-state index in [0.717, 1.165) is 12.4 Å². The molecule has 0 aromatic carbocycles. The van der Waals surface area contributed by atoms with Gasteiger partial charge in [0.15, 0.2) is 0 Å². The molecule has 0 spiro atoms. The van der Waals surface area contributed by atoms with E-state index in [0.29, 0.717) is 24.4 Å². The van der Waals surface area contributed by atoms with Gasteiger partial charge in [-0.25, -0.2) is 0 Å². The number of nitrogens with two attached hydrogens (primary N) is 1. The van der Waals surface area contributed by atoms with Crippen molar-refractivity contribution in [3.05, 3.63) is 18.2 Å². The Morgan fingerprint density at radius 2 is 2.35 bits per heavy atom. The number of aromatic nitrogens is 1. The van der Waals surface area contributed by atoms with Crippen molar-refractivity contribution in [3.8, 4) is 5.88 Å². The molecule has 2 rings (SSSR count). The first-order valence-electron chi connectivity index (χ1n) is 6.24. The number of rotatable bonds is 3. The van der Waals surface area contributed by atoms with Crippen LogP contribution >= 0.6 is 0 Å². The topological polar surface area (TPSA) is 51.4 Å². The van der Waals surface area contributed by atoms with Crippen molar-refractivity contribution in [2.75, 3.05) is 25.1 Å². The van der Waals surface area contributed by atoms with Crippen molar-refractivity contribution in [2.45, 2.75) is 25.8 Å². The zero-order valence-electron chi connectivity index (χ0n) is 10.6. The molecule has 1 aliphatic rings. The SMILES string of the molecule is COc1cccc(N2CCCC(C)C2CN)n1. The van der Waals surface area contributed by atoms with Crippen molar-refractivity contribution in [3.63, 3.8) is 0 Å². The first-order valence-corrected chi connectivity index (χ1v) is 6.24. The Morgan fingerprint density at radius 3 is 3.06 bits per heavy atom. The van der Waals surface area contributed by atoms with Gasteiger partial charge in [0.25, 0.3) is 0 Å². The Morgan fingerprint density at radius 1 is 1.53 bits per heavy atom. The molecule has 1 fully saturated rings. The fourth-order valence-corrected chi connectivity index (χ4v) is 2.57. The molecule has 94 valence electrons. The lowest BCUT2D eigenvalue weighted by Gasteiger charge is -2.40. The molecule has 0 amide bonds. The zero-order chi connectivity index (χ0) is 12.3. The summed E-state index contributed by atoms with van der Waals surface area (Å²) in [5.41, 5.74) is 5.89. The quantitative estimate of drug-likeness (QED) is 0.865. The van der Waals surface area contributed by atoms with Crippen LogP contribution < -0.4 is 15.4 Å². The average molecular weight is 235 g/mol. The first kappa shape index (κ1) is 12.2. The van der Waals surface area contributed by atoms with E-state index in [1.165, 1.54) is 12.8 Å². The molecular weight excluding hydrogens is 214 g/mol. The second-order valence-electron chi connectivity index (χ2n) is 4.65. The Bertz CT molecular complexity index is 369. The molecule has 1 aromatic heterocycles. The Hall–Kier alpha value is -1.29. The maximum absolute atomic E-state index is 5.89. The van der Waals surface area contributed by atoms with Gasteiger partial charge in [-0.15, -0.1) is 0 Å². The summed E-state index contributed by atoms with van der Waals surface area (Å²) in [4.78, 5) is 6.81. The summed E-state index contributed by atoms with van der Waals surface area (Å²) >= 11 is 0. The third-order valence-corrected chi connectivity index (χ3v) is 3.57. The van der Waals surface area contributed by atoms with Gasteiger partial charge >= 0.3 is 0 Å². The largest absolute Gasteiger partial charge is 0.481 e. The van der Waals surface area contributed by atoms with Gasteiger partial charge in [0, 0.05) is 25.2 Å². The van der Waals surface area contributed by atoms with E-state index in [2.05, 4.69) is 16.8 Å². The summed E-state index contributed by atoms with van der Waals surface area (Å²) < 4.78 is 5.17. The standard InChI is InChI=1S/C13H21N3O/c1-10-5-4-8-16(11(10)9-14)12-6-3-7-13(15-12)17-2/h3,6-7,10-11H,4-5,8-9,14H2,1-2H3. The normalized spacial score (nSPS) is 24.8. The van der Waals surface area contributed by atoms with Crippen LogP contribution in [0, 0.1) is 5.92 Å². The summed E-state index contributed by atoms with van der Waals surface area (Å²) in [6.07, 6.45) is 2.46. The van der Waals surface area contributed by atoms with Gasteiger partial charge in [-0.3, -0.25) is 0 Å². The van der Waals surface area contributed by atoms with Crippen LogP contribution in [0.25, 0.3) is 0 Å². The third kappa shape index (κ3) is 2.52. The van der Waals surface area contributed by atoms with Gasteiger partial charge in [-0.05, 0) is 24.8 Å². The van der Waals surface area contributed by atoms with E-state index in [-0.39, 0.29) is 0 Å². The molecule has 17 heavy (non-hydrogen) atoms. The van der Waals surface area contributed by atoms with Crippen LogP contribution in [0.1, 0.15) is 19.8 Å². The maximum Gasteiger partial charge on any atom is 0.214 e. The number of pyridine rings is 1. The van der Waals surface area contributed by atoms with Crippen LogP contribution in [-0.2, 0) is 0 Å². The van der Waals surface area contributed by atoms with Gasteiger partial charge in [-0.1, -0.05) is 13.0 Å². The highest BCUT2D eigenvalue weighted by atomic mass is 16.5. The smallest absolute Gasteiger partial charge is 0.214 e.